The summed E-state index contributed by atoms with van der Waals surface area (Å²) >= 11 is 0. The number of hydrogen-bond acceptors (Lipinski definition) is 5. The minimum Gasteiger partial charge on any atom is -0.457 e. The molecular formula is C41H28N4O2. The zero-order valence-corrected chi connectivity index (χ0v) is 25.8. The molecule has 0 radical (unpaired) electrons. The average molecular weight is 609 g/mol. The first-order chi connectivity index (χ1) is 23.1. The molecule has 10 rings (SSSR count). The number of pyridine rings is 2. The van der Waals surface area contributed by atoms with Crippen LogP contribution >= 0.6 is 0 Å². The van der Waals surface area contributed by atoms with Gasteiger partial charge in [0.15, 0.2) is 5.58 Å². The second-order valence-electron chi connectivity index (χ2n) is 12.7. The van der Waals surface area contributed by atoms with Crippen molar-refractivity contribution in [2.75, 3.05) is 4.90 Å². The van der Waals surface area contributed by atoms with Gasteiger partial charge in [0.25, 0.3) is 0 Å². The van der Waals surface area contributed by atoms with Crippen molar-refractivity contribution in [1.82, 2.24) is 14.4 Å². The van der Waals surface area contributed by atoms with Crippen LogP contribution in [0.3, 0.4) is 0 Å². The smallest absolute Gasteiger partial charge is 0.159 e. The minimum absolute atomic E-state index is 0.288. The third kappa shape index (κ3) is 3.66. The molecule has 0 saturated heterocycles. The fourth-order valence-electron chi connectivity index (χ4n) is 7.50. The van der Waals surface area contributed by atoms with Gasteiger partial charge < -0.3 is 9.15 Å². The first-order valence-electron chi connectivity index (χ1n) is 15.8. The first-order valence-corrected chi connectivity index (χ1v) is 15.8. The van der Waals surface area contributed by atoms with Crippen LogP contribution in [0.5, 0.6) is 11.5 Å². The lowest BCUT2D eigenvalue weighted by Crippen LogP contribution is -2.31. The maximum Gasteiger partial charge on any atom is 0.159 e. The van der Waals surface area contributed by atoms with E-state index in [1.165, 1.54) is 10.9 Å². The van der Waals surface area contributed by atoms with Gasteiger partial charge in [-0.15, -0.1) is 0 Å². The van der Waals surface area contributed by atoms with Gasteiger partial charge in [0.2, 0.25) is 0 Å². The van der Waals surface area contributed by atoms with Crippen LogP contribution in [0.25, 0.3) is 49.3 Å². The maximum absolute atomic E-state index is 6.63. The number of furan rings is 1. The normalized spacial score (nSPS) is 13.9. The van der Waals surface area contributed by atoms with Crippen LogP contribution in [-0.2, 0) is 5.41 Å². The fourth-order valence-corrected chi connectivity index (χ4v) is 7.50. The molecule has 0 N–H and O–H groups in total. The molecule has 6 nitrogen and oxygen atoms in total. The van der Waals surface area contributed by atoms with E-state index in [1.54, 1.807) is 0 Å². The van der Waals surface area contributed by atoms with E-state index in [1.807, 2.05) is 55.0 Å². The van der Waals surface area contributed by atoms with Crippen molar-refractivity contribution in [3.05, 3.63) is 145 Å². The number of anilines is 3. The average Bonchev–Trinajstić information content (AvgIpc) is 3.75. The van der Waals surface area contributed by atoms with Crippen molar-refractivity contribution in [3.63, 3.8) is 0 Å². The van der Waals surface area contributed by atoms with Gasteiger partial charge >= 0.3 is 0 Å². The summed E-state index contributed by atoms with van der Waals surface area (Å²) in [5.74, 6) is 2.35. The van der Waals surface area contributed by atoms with E-state index in [4.69, 9.17) is 19.1 Å². The van der Waals surface area contributed by atoms with Gasteiger partial charge in [-0.3, -0.25) is 9.30 Å². The summed E-state index contributed by atoms with van der Waals surface area (Å²) in [6.45, 7) is 4.52. The van der Waals surface area contributed by atoms with E-state index in [-0.39, 0.29) is 5.41 Å². The monoisotopic (exact) mass is 608 g/mol. The number of imidazole rings is 1. The van der Waals surface area contributed by atoms with Crippen LogP contribution < -0.4 is 9.64 Å². The van der Waals surface area contributed by atoms with Crippen LogP contribution in [0.4, 0.5) is 17.2 Å². The van der Waals surface area contributed by atoms with E-state index in [0.717, 1.165) is 78.1 Å². The quantitative estimate of drug-likeness (QED) is 0.187. The van der Waals surface area contributed by atoms with Crippen molar-refractivity contribution in [1.29, 1.82) is 0 Å². The Kier molecular flexibility index (Phi) is 5.24. The molecule has 1 aliphatic rings. The summed E-state index contributed by atoms with van der Waals surface area (Å²) in [5, 5.41) is 5.55. The SMILES string of the molecule is CC1(C)c2cccnc2N(c2cccc(Oc3ccc4c5ccccc5n5ccnc5c4c3)c2)c2c1ccc1c2oc2ccccc21. The zero-order valence-electron chi connectivity index (χ0n) is 25.8. The second-order valence-corrected chi connectivity index (χ2v) is 12.7. The molecule has 47 heavy (non-hydrogen) atoms. The van der Waals surface area contributed by atoms with Crippen molar-refractivity contribution in [3.8, 4) is 11.5 Å². The zero-order chi connectivity index (χ0) is 31.3. The molecule has 1 aliphatic heterocycles. The number of hydrogen-bond donors (Lipinski definition) is 0. The molecule has 0 spiro atoms. The van der Waals surface area contributed by atoms with E-state index in [9.17, 15) is 0 Å². The first kappa shape index (κ1) is 26.1. The Labute approximate surface area is 270 Å². The fraction of sp³-hybridized carbons (Fsp3) is 0.0732. The largest absolute Gasteiger partial charge is 0.457 e. The lowest BCUT2D eigenvalue weighted by atomic mass is 9.74. The van der Waals surface area contributed by atoms with Crippen LogP contribution in [0.2, 0.25) is 0 Å². The standard InChI is InChI=1S/C41H28N4O2/c1-41(2)33-19-18-31-30-12-4-6-15-36(30)47-38(31)37(33)45(40-34(41)13-8-20-42-40)25-9-7-10-26(23-25)46-27-16-17-28-29-11-3-5-14-35(29)44-22-21-43-39(44)32(28)24-27/h3-24H,1-2H3. The van der Waals surface area contributed by atoms with Gasteiger partial charge in [-0.25, -0.2) is 9.97 Å². The van der Waals surface area contributed by atoms with Crippen molar-refractivity contribution in [2.24, 2.45) is 0 Å². The third-order valence-corrected chi connectivity index (χ3v) is 9.73. The Balaban J connectivity index is 1.14. The highest BCUT2D eigenvalue weighted by atomic mass is 16.5. The number of benzene rings is 5. The number of aromatic nitrogens is 3. The molecule has 5 heterocycles. The summed E-state index contributed by atoms with van der Waals surface area (Å²) in [7, 11) is 0. The Hall–Kier alpha value is -6.14. The Morgan fingerprint density at radius 3 is 2.40 bits per heavy atom. The van der Waals surface area contributed by atoms with E-state index >= 15 is 0 Å². The Morgan fingerprint density at radius 1 is 0.638 bits per heavy atom. The highest BCUT2D eigenvalue weighted by Crippen LogP contribution is 2.54. The Morgan fingerprint density at radius 2 is 1.47 bits per heavy atom. The number of fused-ring (bicyclic) bond motifs is 12. The second kappa shape index (κ2) is 9.44. The molecule has 0 bridgehead atoms. The molecule has 224 valence electrons. The molecule has 0 atom stereocenters. The molecule has 5 aromatic carbocycles. The van der Waals surface area contributed by atoms with Crippen molar-refractivity contribution < 1.29 is 9.15 Å². The molecular weight excluding hydrogens is 580 g/mol. The summed E-state index contributed by atoms with van der Waals surface area (Å²) in [6, 6.07) is 39.8. The molecule has 6 heteroatoms. The molecule has 4 aromatic heterocycles. The molecule has 0 saturated carbocycles. The third-order valence-electron chi connectivity index (χ3n) is 9.73. The summed E-state index contributed by atoms with van der Waals surface area (Å²) in [5.41, 5.74) is 7.75. The number of ether oxygens (including phenoxy) is 1. The molecule has 9 aromatic rings. The van der Waals surface area contributed by atoms with Crippen LogP contribution in [0, 0.1) is 0 Å². The van der Waals surface area contributed by atoms with Gasteiger partial charge in [0, 0.05) is 57.2 Å². The molecule has 0 amide bonds. The lowest BCUT2D eigenvalue weighted by Gasteiger charge is -2.40. The molecule has 0 fully saturated rings. The van der Waals surface area contributed by atoms with Gasteiger partial charge in [-0.05, 0) is 59.5 Å². The predicted molar refractivity (Wildman–Crippen MR) is 189 cm³/mol. The van der Waals surface area contributed by atoms with E-state index in [2.05, 4.69) is 102 Å². The van der Waals surface area contributed by atoms with Crippen LogP contribution in [0.15, 0.2) is 138 Å². The predicted octanol–water partition coefficient (Wildman–Crippen LogP) is 10.8. The maximum atomic E-state index is 6.63. The summed E-state index contributed by atoms with van der Waals surface area (Å²) in [4.78, 5) is 11.9. The molecule has 0 unspecified atom stereocenters. The highest BCUT2D eigenvalue weighted by Gasteiger charge is 2.40. The number of para-hydroxylation sites is 2. The van der Waals surface area contributed by atoms with Gasteiger partial charge in [0.05, 0.1) is 16.9 Å². The van der Waals surface area contributed by atoms with Gasteiger partial charge in [-0.1, -0.05) is 74.5 Å². The van der Waals surface area contributed by atoms with Gasteiger partial charge in [0.1, 0.15) is 28.5 Å². The van der Waals surface area contributed by atoms with Crippen LogP contribution in [-0.4, -0.2) is 14.4 Å². The van der Waals surface area contributed by atoms with Crippen molar-refractivity contribution >= 4 is 66.5 Å². The number of rotatable bonds is 3. The molecule has 0 aliphatic carbocycles. The van der Waals surface area contributed by atoms with Crippen molar-refractivity contribution in [2.45, 2.75) is 19.3 Å². The topological polar surface area (TPSA) is 55.8 Å². The minimum atomic E-state index is -0.288. The van der Waals surface area contributed by atoms with E-state index in [0.29, 0.717) is 0 Å². The van der Waals surface area contributed by atoms with E-state index < -0.39 is 0 Å². The van der Waals surface area contributed by atoms with Crippen LogP contribution in [0.1, 0.15) is 25.0 Å². The highest BCUT2D eigenvalue weighted by molar-refractivity contribution is 6.13. The lowest BCUT2D eigenvalue weighted by molar-refractivity contribution is 0.483. The summed E-state index contributed by atoms with van der Waals surface area (Å²) < 4.78 is 15.4. The number of nitrogens with zero attached hydrogens (tertiary/aromatic N) is 4. The summed E-state index contributed by atoms with van der Waals surface area (Å²) in [6.07, 6.45) is 5.72. The Bertz CT molecular complexity index is 2720. The van der Waals surface area contributed by atoms with Gasteiger partial charge in [-0.2, -0.15) is 0 Å².